The van der Waals surface area contributed by atoms with Gasteiger partial charge in [-0.3, -0.25) is 10.1 Å². The number of aryl methyl sites for hydroxylation is 1. The van der Waals surface area contributed by atoms with Crippen LogP contribution in [0.2, 0.25) is 0 Å². The molecule has 92 valence electrons. The summed E-state index contributed by atoms with van der Waals surface area (Å²) in [7, 11) is 1.53. The van der Waals surface area contributed by atoms with Crippen LogP contribution in [0.4, 0.5) is 11.5 Å². The van der Waals surface area contributed by atoms with Crippen molar-refractivity contribution in [1.82, 2.24) is 4.98 Å². The summed E-state index contributed by atoms with van der Waals surface area (Å²) >= 11 is 0. The smallest absolute Gasteiger partial charge is 0.326 e. The number of rotatable bonds is 4. The Bertz CT molecular complexity index is 461. The minimum Gasteiger partial charge on any atom is -0.480 e. The first-order chi connectivity index (χ1) is 7.84. The molecule has 0 amide bonds. The molecule has 7 nitrogen and oxygen atoms in total. The molecule has 1 unspecified atom stereocenters. The SMILES string of the molecule is Cc1cnc(N(C)C(C)C(=O)O)cc1[N+](=O)[O-]. The quantitative estimate of drug-likeness (QED) is 0.626. The molecule has 0 bridgehead atoms. The molecular weight excluding hydrogens is 226 g/mol. The molecule has 17 heavy (non-hydrogen) atoms. The highest BCUT2D eigenvalue weighted by atomic mass is 16.6. The monoisotopic (exact) mass is 239 g/mol. The number of aromatic nitrogens is 1. The second-order valence-corrected chi connectivity index (χ2v) is 3.71. The standard InChI is InChI=1S/C10H13N3O4/c1-6-5-11-9(4-8(6)13(16)17)12(3)7(2)10(14)15/h4-5,7H,1-3H3,(H,14,15). The molecule has 1 N–H and O–H groups in total. The first-order valence-corrected chi connectivity index (χ1v) is 4.91. The third-order valence-electron chi connectivity index (χ3n) is 2.56. The molecular formula is C10H13N3O4. The van der Waals surface area contributed by atoms with E-state index in [4.69, 9.17) is 5.11 Å². The summed E-state index contributed by atoms with van der Waals surface area (Å²) in [5.41, 5.74) is 0.370. The van der Waals surface area contributed by atoms with Gasteiger partial charge in [-0.2, -0.15) is 0 Å². The molecule has 0 fully saturated rings. The molecule has 1 atom stereocenters. The van der Waals surface area contributed by atoms with Gasteiger partial charge in [-0.1, -0.05) is 0 Å². The average molecular weight is 239 g/mol. The molecule has 1 aromatic rings. The molecule has 0 radical (unpaired) electrons. The molecule has 0 aliphatic rings. The van der Waals surface area contributed by atoms with Crippen LogP contribution in [0.15, 0.2) is 12.3 Å². The summed E-state index contributed by atoms with van der Waals surface area (Å²) in [6.45, 7) is 3.06. The number of carboxylic acids is 1. The zero-order valence-corrected chi connectivity index (χ0v) is 9.75. The van der Waals surface area contributed by atoms with Gasteiger partial charge in [-0.25, -0.2) is 9.78 Å². The summed E-state index contributed by atoms with van der Waals surface area (Å²) in [5, 5.41) is 19.6. The Morgan fingerprint density at radius 2 is 2.24 bits per heavy atom. The van der Waals surface area contributed by atoms with Crippen LogP contribution >= 0.6 is 0 Å². The molecule has 1 heterocycles. The van der Waals surface area contributed by atoms with Crippen LogP contribution in [0.3, 0.4) is 0 Å². The third kappa shape index (κ3) is 2.68. The van der Waals surface area contributed by atoms with E-state index in [2.05, 4.69) is 4.98 Å². The molecule has 0 saturated carbocycles. The van der Waals surface area contributed by atoms with E-state index in [0.717, 1.165) is 0 Å². The molecule has 0 aliphatic heterocycles. The minimum atomic E-state index is -1.02. The highest BCUT2D eigenvalue weighted by Gasteiger charge is 2.21. The van der Waals surface area contributed by atoms with E-state index in [1.807, 2.05) is 0 Å². The Balaban J connectivity index is 3.11. The molecule has 1 rings (SSSR count). The van der Waals surface area contributed by atoms with Crippen LogP contribution < -0.4 is 4.90 Å². The molecule has 0 saturated heterocycles. The highest BCUT2D eigenvalue weighted by molar-refractivity contribution is 5.77. The summed E-state index contributed by atoms with van der Waals surface area (Å²) in [4.78, 5) is 26.4. The van der Waals surface area contributed by atoms with Crippen molar-refractivity contribution in [3.63, 3.8) is 0 Å². The van der Waals surface area contributed by atoms with Gasteiger partial charge in [0.1, 0.15) is 11.9 Å². The van der Waals surface area contributed by atoms with E-state index in [1.165, 1.54) is 31.1 Å². The largest absolute Gasteiger partial charge is 0.480 e. The van der Waals surface area contributed by atoms with Gasteiger partial charge in [0.05, 0.1) is 11.0 Å². The van der Waals surface area contributed by atoms with Crippen LogP contribution in [-0.4, -0.2) is 34.1 Å². The lowest BCUT2D eigenvalue weighted by Gasteiger charge is -2.22. The number of pyridine rings is 1. The van der Waals surface area contributed by atoms with Gasteiger partial charge in [0, 0.05) is 18.8 Å². The topological polar surface area (TPSA) is 96.6 Å². The molecule has 0 spiro atoms. The lowest BCUT2D eigenvalue weighted by molar-refractivity contribution is -0.385. The van der Waals surface area contributed by atoms with Crippen molar-refractivity contribution in [2.45, 2.75) is 19.9 Å². The van der Waals surface area contributed by atoms with Crippen molar-refractivity contribution < 1.29 is 14.8 Å². The third-order valence-corrected chi connectivity index (χ3v) is 2.56. The molecule has 1 aromatic heterocycles. The highest BCUT2D eigenvalue weighted by Crippen LogP contribution is 2.22. The maximum Gasteiger partial charge on any atom is 0.326 e. The van der Waals surface area contributed by atoms with Crippen LogP contribution in [-0.2, 0) is 4.79 Å². The predicted octanol–water partition coefficient (Wildman–Crippen LogP) is 1.21. The van der Waals surface area contributed by atoms with Crippen molar-refractivity contribution in [1.29, 1.82) is 0 Å². The second kappa shape index (κ2) is 4.77. The lowest BCUT2D eigenvalue weighted by atomic mass is 10.2. The van der Waals surface area contributed by atoms with Crippen molar-refractivity contribution in [2.75, 3.05) is 11.9 Å². The number of nitro groups is 1. The Morgan fingerprint density at radius 1 is 1.65 bits per heavy atom. The maximum absolute atomic E-state index is 10.8. The number of hydrogen-bond acceptors (Lipinski definition) is 5. The average Bonchev–Trinajstić information content (AvgIpc) is 2.27. The Kier molecular flexibility index (Phi) is 3.62. The molecule has 0 aromatic carbocycles. The number of carbonyl (C=O) groups is 1. The first-order valence-electron chi connectivity index (χ1n) is 4.91. The van der Waals surface area contributed by atoms with Crippen LogP contribution in [0.1, 0.15) is 12.5 Å². The second-order valence-electron chi connectivity index (χ2n) is 3.71. The van der Waals surface area contributed by atoms with Gasteiger partial charge in [-0.05, 0) is 13.8 Å². The summed E-state index contributed by atoms with van der Waals surface area (Å²) in [5.74, 6) is -0.755. The molecule has 0 aliphatic carbocycles. The van der Waals surface area contributed by atoms with Crippen molar-refractivity contribution in [3.05, 3.63) is 27.9 Å². The van der Waals surface area contributed by atoms with Gasteiger partial charge in [0.2, 0.25) is 0 Å². The van der Waals surface area contributed by atoms with Gasteiger partial charge in [0.25, 0.3) is 5.69 Å². The van der Waals surface area contributed by atoms with Crippen molar-refractivity contribution in [2.24, 2.45) is 0 Å². The van der Waals surface area contributed by atoms with Crippen LogP contribution in [0.25, 0.3) is 0 Å². The van der Waals surface area contributed by atoms with Crippen LogP contribution in [0.5, 0.6) is 0 Å². The van der Waals surface area contributed by atoms with Gasteiger partial charge < -0.3 is 10.0 Å². The summed E-state index contributed by atoms with van der Waals surface area (Å²) in [6.07, 6.45) is 1.36. The lowest BCUT2D eigenvalue weighted by Crippen LogP contribution is -2.36. The Morgan fingerprint density at radius 3 is 2.71 bits per heavy atom. The zero-order chi connectivity index (χ0) is 13.2. The number of carboxylic acid groups (broad SMARTS) is 1. The number of anilines is 1. The Hall–Kier alpha value is -2.18. The molecule has 7 heteroatoms. The van der Waals surface area contributed by atoms with Gasteiger partial charge >= 0.3 is 5.97 Å². The summed E-state index contributed by atoms with van der Waals surface area (Å²) < 4.78 is 0. The number of nitrogens with zero attached hydrogens (tertiary/aromatic N) is 3. The van der Waals surface area contributed by atoms with E-state index in [1.54, 1.807) is 6.92 Å². The van der Waals surface area contributed by atoms with Gasteiger partial charge in [-0.15, -0.1) is 0 Å². The number of likely N-dealkylation sites (N-methyl/N-ethyl adjacent to an activating group) is 1. The fourth-order valence-electron chi connectivity index (χ4n) is 1.26. The van der Waals surface area contributed by atoms with E-state index >= 15 is 0 Å². The summed E-state index contributed by atoms with van der Waals surface area (Å²) in [6, 6.07) is 0.471. The normalized spacial score (nSPS) is 11.9. The van der Waals surface area contributed by atoms with Gasteiger partial charge in [0.15, 0.2) is 0 Å². The first kappa shape index (κ1) is 12.9. The van der Waals surface area contributed by atoms with E-state index < -0.39 is 16.9 Å². The fraction of sp³-hybridized carbons (Fsp3) is 0.400. The minimum absolute atomic E-state index is 0.0700. The van der Waals surface area contributed by atoms with E-state index in [0.29, 0.717) is 5.56 Å². The van der Waals surface area contributed by atoms with E-state index in [9.17, 15) is 14.9 Å². The Labute approximate surface area is 97.8 Å². The predicted molar refractivity (Wildman–Crippen MR) is 61.1 cm³/mol. The van der Waals surface area contributed by atoms with Crippen molar-refractivity contribution in [3.8, 4) is 0 Å². The number of hydrogen-bond donors (Lipinski definition) is 1. The fourth-order valence-corrected chi connectivity index (χ4v) is 1.26. The maximum atomic E-state index is 10.8. The number of aliphatic carboxylic acids is 1. The van der Waals surface area contributed by atoms with Crippen molar-refractivity contribution >= 4 is 17.5 Å². The van der Waals surface area contributed by atoms with Crippen LogP contribution in [0, 0.1) is 17.0 Å². The zero-order valence-electron chi connectivity index (χ0n) is 9.75. The van der Waals surface area contributed by atoms with E-state index in [-0.39, 0.29) is 11.5 Å².